The van der Waals surface area contributed by atoms with Crippen molar-refractivity contribution in [1.29, 1.82) is 0 Å². The number of hydrogen-bond acceptors (Lipinski definition) is 6. The molecule has 0 aliphatic rings. The molecule has 43 heavy (non-hydrogen) atoms. The molecule has 0 N–H and O–H groups in total. The van der Waals surface area contributed by atoms with Crippen LogP contribution in [0.2, 0.25) is 0 Å². The van der Waals surface area contributed by atoms with E-state index in [1.807, 2.05) is 53.7 Å². The van der Waals surface area contributed by atoms with Gasteiger partial charge in [0.1, 0.15) is 9.79 Å². The van der Waals surface area contributed by atoms with Gasteiger partial charge >= 0.3 is 20.2 Å². The first-order chi connectivity index (χ1) is 20.3. The lowest BCUT2D eigenvalue weighted by Crippen LogP contribution is -2.24. The Kier molecular flexibility index (Phi) is 9.32. The molecule has 0 unspecified atom stereocenters. The van der Waals surface area contributed by atoms with E-state index < -0.39 is 25.7 Å². The van der Waals surface area contributed by atoms with Gasteiger partial charge in [0.15, 0.2) is 11.5 Å². The van der Waals surface area contributed by atoms with Gasteiger partial charge in [-0.15, -0.1) is 0 Å². The SMILES string of the molecule is CC=Cc1cccc(C(C)(C)c2cccc(C=CC)c2OS(=O)(=O)c2ccc(C)cc2)c1OS(=O)(=O)c1ccc(C)cc1. The molecular formula is C35H36O6S2. The normalized spacial score (nSPS) is 12.6. The molecule has 4 rings (SSSR count). The molecule has 0 bridgehead atoms. The lowest BCUT2D eigenvalue weighted by molar-refractivity contribution is 0.464. The van der Waals surface area contributed by atoms with Crippen molar-refractivity contribution in [3.8, 4) is 11.5 Å². The Hall–Kier alpha value is -4.14. The molecule has 224 valence electrons. The number of allylic oxidation sites excluding steroid dienone is 2. The molecule has 8 heteroatoms. The molecule has 0 atom stereocenters. The second-order valence-corrected chi connectivity index (χ2v) is 13.9. The fourth-order valence-electron chi connectivity index (χ4n) is 4.77. The zero-order valence-corrected chi connectivity index (χ0v) is 26.8. The van der Waals surface area contributed by atoms with E-state index in [1.165, 1.54) is 24.3 Å². The highest BCUT2D eigenvalue weighted by atomic mass is 32.2. The third-order valence-electron chi connectivity index (χ3n) is 7.14. The van der Waals surface area contributed by atoms with E-state index in [-0.39, 0.29) is 21.3 Å². The van der Waals surface area contributed by atoms with Gasteiger partial charge in [-0.1, -0.05) is 110 Å². The minimum Gasteiger partial charge on any atom is -0.378 e. The van der Waals surface area contributed by atoms with Gasteiger partial charge in [0.25, 0.3) is 0 Å². The Morgan fingerprint density at radius 1 is 0.558 bits per heavy atom. The highest BCUT2D eigenvalue weighted by Crippen LogP contribution is 2.45. The van der Waals surface area contributed by atoms with Crippen LogP contribution >= 0.6 is 0 Å². The molecular weight excluding hydrogens is 581 g/mol. The number of rotatable bonds is 10. The molecule has 0 aliphatic carbocycles. The number of aryl methyl sites for hydroxylation is 2. The second kappa shape index (κ2) is 12.6. The monoisotopic (exact) mass is 616 g/mol. The zero-order chi connectivity index (χ0) is 31.4. The van der Waals surface area contributed by atoms with Gasteiger partial charge in [-0.25, -0.2) is 0 Å². The number of benzene rings is 4. The van der Waals surface area contributed by atoms with Crippen LogP contribution in [-0.4, -0.2) is 16.8 Å². The number of para-hydroxylation sites is 2. The molecule has 0 fully saturated rings. The summed E-state index contributed by atoms with van der Waals surface area (Å²) in [5.41, 5.74) is 3.05. The van der Waals surface area contributed by atoms with Gasteiger partial charge in [-0.2, -0.15) is 16.8 Å². The van der Waals surface area contributed by atoms with Crippen molar-refractivity contribution in [3.63, 3.8) is 0 Å². The Morgan fingerprint density at radius 3 is 1.23 bits per heavy atom. The van der Waals surface area contributed by atoms with E-state index in [0.717, 1.165) is 11.1 Å². The smallest absolute Gasteiger partial charge is 0.339 e. The van der Waals surface area contributed by atoms with Gasteiger partial charge in [0.2, 0.25) is 0 Å². The molecule has 6 nitrogen and oxygen atoms in total. The van der Waals surface area contributed by atoms with E-state index in [0.29, 0.717) is 22.3 Å². The van der Waals surface area contributed by atoms with Gasteiger partial charge in [-0.3, -0.25) is 0 Å². The predicted octanol–water partition coefficient (Wildman–Crippen LogP) is 8.23. The summed E-state index contributed by atoms with van der Waals surface area (Å²) < 4.78 is 65.8. The maximum absolute atomic E-state index is 13.5. The largest absolute Gasteiger partial charge is 0.378 e. The lowest BCUT2D eigenvalue weighted by atomic mass is 9.76. The van der Waals surface area contributed by atoms with E-state index in [2.05, 4.69) is 0 Å². The Balaban J connectivity index is 1.91. The van der Waals surface area contributed by atoms with Crippen LogP contribution in [0, 0.1) is 13.8 Å². The van der Waals surface area contributed by atoms with Crippen molar-refractivity contribution in [1.82, 2.24) is 0 Å². The summed E-state index contributed by atoms with van der Waals surface area (Å²) >= 11 is 0. The second-order valence-electron chi connectivity index (χ2n) is 10.8. The molecule has 0 aromatic heterocycles. The highest BCUT2D eigenvalue weighted by Gasteiger charge is 2.35. The summed E-state index contributed by atoms with van der Waals surface area (Å²) in [5, 5.41) is 0. The van der Waals surface area contributed by atoms with Crippen molar-refractivity contribution >= 4 is 32.4 Å². The standard InChI is InChI=1S/C35H36O6S2/c1-7-11-27-13-9-15-31(33(27)40-42(36,37)29-21-17-25(3)18-22-29)35(5,6)32-16-10-14-28(12-8-2)34(32)41-43(38,39)30-23-19-26(4)20-24-30/h7-24H,1-6H3. The molecule has 0 saturated heterocycles. The van der Waals surface area contributed by atoms with Crippen molar-refractivity contribution < 1.29 is 25.2 Å². The van der Waals surface area contributed by atoms with Crippen LogP contribution in [0.3, 0.4) is 0 Å². The molecule has 0 aliphatic heterocycles. The zero-order valence-electron chi connectivity index (χ0n) is 25.2. The summed E-state index contributed by atoms with van der Waals surface area (Å²) in [5.74, 6) is 0.296. The van der Waals surface area contributed by atoms with Crippen LogP contribution in [0.15, 0.2) is 107 Å². The molecule has 0 saturated carbocycles. The average molecular weight is 617 g/mol. The maximum atomic E-state index is 13.5. The van der Waals surface area contributed by atoms with Crippen LogP contribution < -0.4 is 8.37 Å². The maximum Gasteiger partial charge on any atom is 0.339 e. The van der Waals surface area contributed by atoms with E-state index >= 15 is 0 Å². The summed E-state index contributed by atoms with van der Waals surface area (Å²) in [6.07, 6.45) is 7.14. The summed E-state index contributed by atoms with van der Waals surface area (Å²) in [6, 6.07) is 23.6. The van der Waals surface area contributed by atoms with Crippen molar-refractivity contribution in [2.24, 2.45) is 0 Å². The minimum atomic E-state index is -4.20. The Morgan fingerprint density at radius 2 is 0.907 bits per heavy atom. The predicted molar refractivity (Wildman–Crippen MR) is 172 cm³/mol. The molecule has 0 heterocycles. The van der Waals surface area contributed by atoms with Gasteiger partial charge in [0, 0.05) is 27.7 Å². The van der Waals surface area contributed by atoms with Crippen LogP contribution in [0.5, 0.6) is 11.5 Å². The lowest BCUT2D eigenvalue weighted by Gasteiger charge is -2.31. The minimum absolute atomic E-state index is 0.0282. The molecule has 4 aromatic carbocycles. The van der Waals surface area contributed by atoms with Crippen molar-refractivity contribution in [2.75, 3.05) is 0 Å². The first-order valence-corrected chi connectivity index (χ1v) is 16.7. The summed E-state index contributed by atoms with van der Waals surface area (Å²) in [7, 11) is -8.41. The third kappa shape index (κ3) is 6.92. The molecule has 0 radical (unpaired) electrons. The quantitative estimate of drug-likeness (QED) is 0.167. The van der Waals surface area contributed by atoms with Crippen LogP contribution in [0.25, 0.3) is 12.2 Å². The van der Waals surface area contributed by atoms with Crippen molar-refractivity contribution in [2.45, 2.75) is 56.7 Å². The van der Waals surface area contributed by atoms with E-state index in [9.17, 15) is 16.8 Å². The first kappa shape index (κ1) is 31.8. The van der Waals surface area contributed by atoms with Gasteiger partial charge < -0.3 is 8.37 Å². The van der Waals surface area contributed by atoms with Gasteiger partial charge in [0.05, 0.1) is 0 Å². The Labute approximate surface area is 255 Å². The highest BCUT2D eigenvalue weighted by molar-refractivity contribution is 7.87. The van der Waals surface area contributed by atoms with E-state index in [4.69, 9.17) is 8.37 Å². The molecule has 0 amide bonds. The summed E-state index contributed by atoms with van der Waals surface area (Å²) in [6.45, 7) is 11.2. The van der Waals surface area contributed by atoms with E-state index in [1.54, 1.807) is 72.8 Å². The van der Waals surface area contributed by atoms with Gasteiger partial charge in [-0.05, 0) is 52.0 Å². The third-order valence-corrected chi connectivity index (χ3v) is 9.61. The molecule has 4 aromatic rings. The average Bonchev–Trinajstić information content (AvgIpc) is 2.95. The molecule has 0 spiro atoms. The fraction of sp³-hybridized carbons (Fsp3) is 0.200. The number of hydrogen-bond donors (Lipinski definition) is 0. The van der Waals surface area contributed by atoms with Crippen LogP contribution in [0.1, 0.15) is 61.1 Å². The fourth-order valence-corrected chi connectivity index (χ4v) is 6.71. The Bertz CT molecular complexity index is 1740. The first-order valence-electron chi connectivity index (χ1n) is 13.8. The topological polar surface area (TPSA) is 86.7 Å². The summed E-state index contributed by atoms with van der Waals surface area (Å²) in [4.78, 5) is 0.0564. The van der Waals surface area contributed by atoms with Crippen LogP contribution in [0.4, 0.5) is 0 Å². The van der Waals surface area contributed by atoms with Crippen molar-refractivity contribution in [3.05, 3.63) is 130 Å². The van der Waals surface area contributed by atoms with Crippen LogP contribution in [-0.2, 0) is 25.7 Å².